The molecule has 0 saturated carbocycles. The molecule has 0 bridgehead atoms. The van der Waals surface area contributed by atoms with Crippen LogP contribution in [0.2, 0.25) is 0 Å². The fourth-order valence-corrected chi connectivity index (χ4v) is 4.33. The van der Waals surface area contributed by atoms with E-state index in [2.05, 4.69) is 57.2 Å². The highest BCUT2D eigenvalue weighted by atomic mass is 79.9. The second kappa shape index (κ2) is 9.51. The Morgan fingerprint density at radius 1 is 1.17 bits per heavy atom. The first kappa shape index (κ1) is 16.7. The molecule has 0 amide bonds. The second-order valence-electron chi connectivity index (χ2n) is 4.67. The molecular formula is C14H23Br2NS. The third-order valence-corrected chi connectivity index (χ3v) is 6.57. The van der Waals surface area contributed by atoms with E-state index in [1.54, 1.807) is 0 Å². The smallest absolute Gasteiger partial charge is 0.0843 e. The molecule has 104 valence electrons. The third-order valence-electron chi connectivity index (χ3n) is 3.20. The van der Waals surface area contributed by atoms with E-state index < -0.39 is 0 Å². The van der Waals surface area contributed by atoms with Crippen LogP contribution in [-0.2, 0) is 0 Å². The highest BCUT2D eigenvalue weighted by molar-refractivity contribution is 9.13. The maximum absolute atomic E-state index is 3.57. The zero-order valence-corrected chi connectivity index (χ0v) is 15.3. The Balaban J connectivity index is 2.29. The minimum atomic E-state index is 0.503. The van der Waals surface area contributed by atoms with Crippen LogP contribution in [0.1, 0.15) is 62.8 Å². The molecule has 0 saturated heterocycles. The van der Waals surface area contributed by atoms with E-state index in [0.29, 0.717) is 6.04 Å². The molecule has 4 heteroatoms. The van der Waals surface area contributed by atoms with E-state index in [1.807, 2.05) is 11.3 Å². The van der Waals surface area contributed by atoms with Gasteiger partial charge >= 0.3 is 0 Å². The number of hydrogen-bond donors (Lipinski definition) is 1. The highest BCUT2D eigenvalue weighted by Crippen LogP contribution is 2.36. The number of thiophene rings is 1. The average molecular weight is 397 g/mol. The Morgan fingerprint density at radius 3 is 2.39 bits per heavy atom. The van der Waals surface area contributed by atoms with Gasteiger partial charge in [-0.1, -0.05) is 45.4 Å². The van der Waals surface area contributed by atoms with Crippen LogP contribution in [0.25, 0.3) is 0 Å². The van der Waals surface area contributed by atoms with Gasteiger partial charge in [-0.2, -0.15) is 0 Å². The number of nitrogens with one attached hydrogen (secondary N) is 1. The largest absolute Gasteiger partial charge is 0.312 e. The molecule has 1 aromatic heterocycles. The number of rotatable bonds is 9. The lowest BCUT2D eigenvalue weighted by Gasteiger charge is -2.14. The molecule has 1 N–H and O–H groups in total. The summed E-state index contributed by atoms with van der Waals surface area (Å²) in [5, 5.41) is 3.43. The summed E-state index contributed by atoms with van der Waals surface area (Å²) in [5.41, 5.74) is 0. The fraction of sp³-hybridized carbons (Fsp3) is 0.714. The van der Waals surface area contributed by atoms with Gasteiger partial charge in [0.25, 0.3) is 0 Å². The van der Waals surface area contributed by atoms with Crippen LogP contribution in [0.5, 0.6) is 0 Å². The van der Waals surface area contributed by atoms with E-state index in [4.69, 9.17) is 0 Å². The van der Waals surface area contributed by atoms with Crippen LogP contribution in [0, 0.1) is 0 Å². The minimum absolute atomic E-state index is 0.503. The zero-order chi connectivity index (χ0) is 13.4. The van der Waals surface area contributed by atoms with E-state index in [9.17, 15) is 0 Å². The quantitative estimate of drug-likeness (QED) is 0.484. The maximum Gasteiger partial charge on any atom is 0.0843 e. The molecule has 0 aromatic carbocycles. The number of unbranched alkanes of at least 4 members (excludes halogenated alkanes) is 5. The average Bonchev–Trinajstić information content (AvgIpc) is 2.69. The summed E-state index contributed by atoms with van der Waals surface area (Å²) in [4.78, 5) is 1.42. The summed E-state index contributed by atoms with van der Waals surface area (Å²) < 4.78 is 2.37. The summed E-state index contributed by atoms with van der Waals surface area (Å²) in [6.45, 7) is 2.27. The van der Waals surface area contributed by atoms with Crippen molar-refractivity contribution < 1.29 is 0 Å². The van der Waals surface area contributed by atoms with Crippen molar-refractivity contribution in [2.24, 2.45) is 0 Å². The molecule has 0 fully saturated rings. The van der Waals surface area contributed by atoms with Crippen molar-refractivity contribution in [1.29, 1.82) is 0 Å². The molecule has 18 heavy (non-hydrogen) atoms. The Hall–Kier alpha value is 0.620. The fourth-order valence-electron chi connectivity index (χ4n) is 2.09. The molecule has 0 aliphatic heterocycles. The van der Waals surface area contributed by atoms with Gasteiger partial charge in [-0.3, -0.25) is 0 Å². The standard InChI is InChI=1S/C14H23Br2NS/c1-3-4-5-6-7-8-9-12(17-2)13-10-11(15)14(16)18-13/h10,12,17H,3-9H2,1-2H3. The van der Waals surface area contributed by atoms with Crippen molar-refractivity contribution in [2.45, 2.75) is 57.9 Å². The predicted octanol–water partition coefficient (Wildman–Crippen LogP) is 6.28. The summed E-state index contributed by atoms with van der Waals surface area (Å²) in [6, 6.07) is 2.73. The lowest BCUT2D eigenvalue weighted by Crippen LogP contribution is -2.14. The molecule has 0 aliphatic rings. The van der Waals surface area contributed by atoms with E-state index in [-0.39, 0.29) is 0 Å². The Labute approximate surface area is 132 Å². The van der Waals surface area contributed by atoms with Crippen LogP contribution in [0.4, 0.5) is 0 Å². The molecule has 1 aromatic rings. The SMILES string of the molecule is CCCCCCCCC(NC)c1cc(Br)c(Br)s1. The maximum atomic E-state index is 3.57. The summed E-state index contributed by atoms with van der Waals surface area (Å²) in [7, 11) is 2.06. The van der Waals surface area contributed by atoms with Gasteiger partial charge in [0.05, 0.1) is 3.79 Å². The Bertz CT molecular complexity index is 319. The lowest BCUT2D eigenvalue weighted by molar-refractivity contribution is 0.503. The minimum Gasteiger partial charge on any atom is -0.312 e. The number of hydrogen-bond acceptors (Lipinski definition) is 2. The second-order valence-corrected chi connectivity index (χ2v) is 7.92. The molecule has 1 nitrogen and oxygen atoms in total. The van der Waals surface area contributed by atoms with Crippen molar-refractivity contribution >= 4 is 43.2 Å². The van der Waals surface area contributed by atoms with Gasteiger partial charge in [-0.25, -0.2) is 0 Å². The molecule has 1 heterocycles. The molecule has 0 radical (unpaired) electrons. The third kappa shape index (κ3) is 5.72. The van der Waals surface area contributed by atoms with Crippen molar-refractivity contribution in [2.75, 3.05) is 7.05 Å². The van der Waals surface area contributed by atoms with E-state index >= 15 is 0 Å². The normalized spacial score (nSPS) is 12.9. The van der Waals surface area contributed by atoms with Crippen LogP contribution >= 0.6 is 43.2 Å². The summed E-state index contributed by atoms with van der Waals surface area (Å²) in [6.07, 6.45) is 9.44. The first-order valence-electron chi connectivity index (χ1n) is 6.81. The summed E-state index contributed by atoms with van der Waals surface area (Å²) >= 11 is 8.95. The number of halogens is 2. The van der Waals surface area contributed by atoms with Gasteiger partial charge in [-0.15, -0.1) is 11.3 Å². The van der Waals surface area contributed by atoms with E-state index in [0.717, 1.165) is 0 Å². The van der Waals surface area contributed by atoms with E-state index in [1.165, 1.54) is 58.1 Å². The van der Waals surface area contributed by atoms with Crippen LogP contribution in [-0.4, -0.2) is 7.05 Å². The zero-order valence-electron chi connectivity index (χ0n) is 11.3. The lowest BCUT2D eigenvalue weighted by atomic mass is 10.0. The summed E-state index contributed by atoms with van der Waals surface area (Å²) in [5.74, 6) is 0. The van der Waals surface area contributed by atoms with Crippen molar-refractivity contribution in [3.8, 4) is 0 Å². The Kier molecular flexibility index (Phi) is 8.81. The molecule has 1 atom stereocenters. The molecule has 0 aliphatic carbocycles. The highest BCUT2D eigenvalue weighted by Gasteiger charge is 2.13. The van der Waals surface area contributed by atoms with Gasteiger partial charge in [0.15, 0.2) is 0 Å². The first-order valence-corrected chi connectivity index (χ1v) is 9.21. The van der Waals surface area contributed by atoms with Crippen LogP contribution in [0.15, 0.2) is 14.3 Å². The first-order chi connectivity index (χ1) is 8.69. The monoisotopic (exact) mass is 395 g/mol. The van der Waals surface area contributed by atoms with Crippen LogP contribution in [0.3, 0.4) is 0 Å². The topological polar surface area (TPSA) is 12.0 Å². The van der Waals surface area contributed by atoms with Crippen molar-refractivity contribution in [1.82, 2.24) is 5.32 Å². The van der Waals surface area contributed by atoms with Gasteiger partial charge in [0.1, 0.15) is 0 Å². The van der Waals surface area contributed by atoms with Gasteiger partial charge < -0.3 is 5.32 Å². The predicted molar refractivity (Wildman–Crippen MR) is 89.5 cm³/mol. The van der Waals surface area contributed by atoms with Crippen LogP contribution < -0.4 is 5.32 Å². The van der Waals surface area contributed by atoms with Gasteiger partial charge in [0, 0.05) is 15.4 Å². The van der Waals surface area contributed by atoms with Gasteiger partial charge in [0.2, 0.25) is 0 Å². The van der Waals surface area contributed by atoms with Crippen molar-refractivity contribution in [3.05, 3.63) is 19.2 Å². The molecule has 0 spiro atoms. The molecule has 1 unspecified atom stereocenters. The molecular weight excluding hydrogens is 374 g/mol. The van der Waals surface area contributed by atoms with Crippen molar-refractivity contribution in [3.63, 3.8) is 0 Å². The Morgan fingerprint density at radius 2 is 1.83 bits per heavy atom. The van der Waals surface area contributed by atoms with Gasteiger partial charge in [-0.05, 0) is 51.4 Å². The molecule has 1 rings (SSSR count).